The minimum absolute atomic E-state index is 0.0195. The minimum atomic E-state index is -0.371. The zero-order valence-electron chi connectivity index (χ0n) is 17.8. The Bertz CT molecular complexity index is 1150. The maximum Gasteiger partial charge on any atom is 0.256 e. The fourth-order valence-corrected chi connectivity index (χ4v) is 5.18. The van der Waals surface area contributed by atoms with Crippen molar-refractivity contribution in [2.24, 2.45) is 11.1 Å². The third kappa shape index (κ3) is 3.56. The van der Waals surface area contributed by atoms with Crippen LogP contribution >= 0.6 is 11.8 Å². The SMILES string of the molecule is Cc1cc(-c2ncnc3[nH]ncc23)ccc1C(C)N1C=C(C(N)=O)SC1C(C)(C)C. The predicted octanol–water partition coefficient (Wildman–Crippen LogP) is 4.14. The van der Waals surface area contributed by atoms with E-state index < -0.39 is 0 Å². The van der Waals surface area contributed by atoms with E-state index in [0.717, 1.165) is 27.9 Å². The number of nitrogens with zero attached hydrogens (tertiary/aromatic N) is 4. The second kappa shape index (κ2) is 7.43. The Hall–Kier alpha value is -2.87. The van der Waals surface area contributed by atoms with Crippen molar-refractivity contribution in [3.8, 4) is 11.3 Å². The lowest BCUT2D eigenvalue weighted by molar-refractivity contribution is -0.113. The molecule has 3 heterocycles. The molecule has 0 radical (unpaired) electrons. The fourth-order valence-electron chi connectivity index (χ4n) is 3.92. The van der Waals surface area contributed by atoms with Crippen molar-refractivity contribution in [1.82, 2.24) is 25.1 Å². The highest BCUT2D eigenvalue weighted by Gasteiger charge is 2.39. The van der Waals surface area contributed by atoms with Crippen molar-refractivity contribution < 1.29 is 4.79 Å². The van der Waals surface area contributed by atoms with E-state index in [-0.39, 0.29) is 22.7 Å². The Morgan fingerprint density at radius 3 is 2.73 bits per heavy atom. The van der Waals surface area contributed by atoms with Gasteiger partial charge in [0.2, 0.25) is 0 Å². The summed E-state index contributed by atoms with van der Waals surface area (Å²) in [5.74, 6) is -0.371. The summed E-state index contributed by atoms with van der Waals surface area (Å²) < 4.78 is 0. The molecule has 4 rings (SSSR count). The highest BCUT2D eigenvalue weighted by atomic mass is 32.2. The molecule has 0 spiro atoms. The van der Waals surface area contributed by atoms with Crippen molar-refractivity contribution in [1.29, 1.82) is 0 Å². The smallest absolute Gasteiger partial charge is 0.256 e. The molecule has 0 saturated heterocycles. The van der Waals surface area contributed by atoms with Crippen molar-refractivity contribution in [3.05, 3.63) is 53.0 Å². The molecule has 2 atom stereocenters. The third-order valence-electron chi connectivity index (χ3n) is 5.45. The molecule has 1 aromatic carbocycles. The van der Waals surface area contributed by atoms with Gasteiger partial charge in [-0.15, -0.1) is 0 Å². The van der Waals surface area contributed by atoms with Crippen LogP contribution in [0.5, 0.6) is 0 Å². The van der Waals surface area contributed by atoms with Gasteiger partial charge in [0, 0.05) is 11.8 Å². The van der Waals surface area contributed by atoms with Crippen LogP contribution in [0.25, 0.3) is 22.3 Å². The molecule has 0 saturated carbocycles. The van der Waals surface area contributed by atoms with Crippen LogP contribution in [-0.4, -0.2) is 36.3 Å². The lowest BCUT2D eigenvalue weighted by Gasteiger charge is -2.39. The number of aromatic amines is 1. The van der Waals surface area contributed by atoms with E-state index in [1.54, 1.807) is 24.3 Å². The molecule has 30 heavy (non-hydrogen) atoms. The molecule has 156 valence electrons. The zero-order chi connectivity index (χ0) is 21.6. The quantitative estimate of drug-likeness (QED) is 0.655. The van der Waals surface area contributed by atoms with Gasteiger partial charge in [-0.1, -0.05) is 44.7 Å². The van der Waals surface area contributed by atoms with Crippen molar-refractivity contribution in [2.45, 2.75) is 46.0 Å². The highest BCUT2D eigenvalue weighted by molar-refractivity contribution is 8.04. The van der Waals surface area contributed by atoms with E-state index in [0.29, 0.717) is 4.91 Å². The van der Waals surface area contributed by atoms with Crippen molar-refractivity contribution in [3.63, 3.8) is 0 Å². The summed E-state index contributed by atoms with van der Waals surface area (Å²) in [6.45, 7) is 10.8. The van der Waals surface area contributed by atoms with Gasteiger partial charge in [-0.2, -0.15) is 5.10 Å². The van der Waals surface area contributed by atoms with Crippen LogP contribution < -0.4 is 5.73 Å². The number of primary amides is 1. The van der Waals surface area contributed by atoms with E-state index in [1.165, 1.54) is 5.56 Å². The first-order valence-electron chi connectivity index (χ1n) is 9.87. The van der Waals surface area contributed by atoms with Crippen LogP contribution in [0.15, 0.2) is 41.8 Å². The minimum Gasteiger partial charge on any atom is -0.365 e. The van der Waals surface area contributed by atoms with Gasteiger partial charge in [-0.3, -0.25) is 9.89 Å². The van der Waals surface area contributed by atoms with Gasteiger partial charge < -0.3 is 10.6 Å². The molecule has 3 aromatic rings. The van der Waals surface area contributed by atoms with Crippen LogP contribution in [0.1, 0.15) is 44.9 Å². The molecule has 0 bridgehead atoms. The predicted molar refractivity (Wildman–Crippen MR) is 120 cm³/mol. The van der Waals surface area contributed by atoms with Crippen LogP contribution in [0, 0.1) is 12.3 Å². The number of thioether (sulfide) groups is 1. The molecule has 2 aromatic heterocycles. The van der Waals surface area contributed by atoms with Crippen LogP contribution in [0.2, 0.25) is 0 Å². The molecule has 7 nitrogen and oxygen atoms in total. The number of benzene rings is 1. The number of carbonyl (C=O) groups is 1. The first-order valence-corrected chi connectivity index (χ1v) is 10.8. The number of aromatic nitrogens is 4. The topological polar surface area (TPSA) is 101 Å². The number of aryl methyl sites for hydroxylation is 1. The molecule has 0 aliphatic carbocycles. The second-order valence-electron chi connectivity index (χ2n) is 8.74. The van der Waals surface area contributed by atoms with E-state index in [2.05, 4.69) is 77.9 Å². The Balaban J connectivity index is 1.70. The van der Waals surface area contributed by atoms with Gasteiger partial charge in [0.05, 0.1) is 33.6 Å². The molecule has 1 aliphatic heterocycles. The van der Waals surface area contributed by atoms with Crippen LogP contribution in [0.3, 0.4) is 0 Å². The standard InChI is InChI=1S/C22H26N6OS/c1-12-8-14(18-16-9-26-27-20(16)25-11-24-18)6-7-15(12)13(2)28-10-17(19(23)29)30-21(28)22(3,4)5/h6-11,13,21H,1-5H3,(H2,23,29)(H,24,25,26,27). The summed E-state index contributed by atoms with van der Waals surface area (Å²) in [4.78, 5) is 23.4. The number of hydrogen-bond donors (Lipinski definition) is 2. The summed E-state index contributed by atoms with van der Waals surface area (Å²) in [7, 11) is 0. The average molecular weight is 423 g/mol. The Kier molecular flexibility index (Phi) is 5.05. The maximum absolute atomic E-state index is 11.8. The Morgan fingerprint density at radius 1 is 1.30 bits per heavy atom. The molecular weight excluding hydrogens is 396 g/mol. The zero-order valence-corrected chi connectivity index (χ0v) is 18.6. The number of fused-ring (bicyclic) bond motifs is 1. The number of amides is 1. The molecular formula is C22H26N6OS. The largest absolute Gasteiger partial charge is 0.365 e. The molecule has 1 aliphatic rings. The molecule has 0 fully saturated rings. The summed E-state index contributed by atoms with van der Waals surface area (Å²) >= 11 is 1.55. The monoisotopic (exact) mass is 422 g/mol. The lowest BCUT2D eigenvalue weighted by atomic mass is 9.92. The normalized spacial score (nSPS) is 18.0. The summed E-state index contributed by atoms with van der Waals surface area (Å²) in [5, 5.41) is 7.99. The molecule has 8 heteroatoms. The highest BCUT2D eigenvalue weighted by Crippen LogP contribution is 2.46. The van der Waals surface area contributed by atoms with E-state index in [1.807, 2.05) is 6.20 Å². The van der Waals surface area contributed by atoms with Gasteiger partial charge in [0.15, 0.2) is 5.65 Å². The molecule has 2 unspecified atom stereocenters. The number of carbonyl (C=O) groups excluding carboxylic acids is 1. The van der Waals surface area contributed by atoms with Gasteiger partial charge in [-0.05, 0) is 36.5 Å². The maximum atomic E-state index is 11.8. The summed E-state index contributed by atoms with van der Waals surface area (Å²) in [5.41, 5.74) is 10.5. The van der Waals surface area contributed by atoms with Crippen molar-refractivity contribution >= 4 is 28.7 Å². The van der Waals surface area contributed by atoms with Crippen molar-refractivity contribution in [2.75, 3.05) is 0 Å². The second-order valence-corrected chi connectivity index (χ2v) is 9.87. The lowest BCUT2D eigenvalue weighted by Crippen LogP contribution is -2.37. The first-order chi connectivity index (χ1) is 14.2. The Labute approximate surface area is 180 Å². The van der Waals surface area contributed by atoms with E-state index in [9.17, 15) is 4.79 Å². The Morgan fingerprint density at radius 2 is 2.07 bits per heavy atom. The number of nitrogens with two attached hydrogens (primary N) is 1. The average Bonchev–Trinajstić information content (AvgIpc) is 3.34. The third-order valence-corrected chi connectivity index (χ3v) is 7.18. The van der Waals surface area contributed by atoms with Gasteiger partial charge in [0.1, 0.15) is 6.33 Å². The van der Waals surface area contributed by atoms with Gasteiger partial charge in [-0.25, -0.2) is 9.97 Å². The van der Waals surface area contributed by atoms with Crippen LogP contribution in [0.4, 0.5) is 0 Å². The van der Waals surface area contributed by atoms with Crippen LogP contribution in [-0.2, 0) is 4.79 Å². The fraction of sp³-hybridized carbons (Fsp3) is 0.364. The summed E-state index contributed by atoms with van der Waals surface area (Å²) in [6.07, 6.45) is 5.22. The number of nitrogens with one attached hydrogen (secondary N) is 1. The number of hydrogen-bond acceptors (Lipinski definition) is 6. The summed E-state index contributed by atoms with van der Waals surface area (Å²) in [6, 6.07) is 6.46. The number of rotatable bonds is 4. The van der Waals surface area contributed by atoms with Gasteiger partial charge in [0.25, 0.3) is 5.91 Å². The molecule has 3 N–H and O–H groups in total. The number of H-pyrrole nitrogens is 1. The van der Waals surface area contributed by atoms with E-state index >= 15 is 0 Å². The van der Waals surface area contributed by atoms with E-state index in [4.69, 9.17) is 5.73 Å². The van der Waals surface area contributed by atoms with Gasteiger partial charge >= 0.3 is 0 Å². The first kappa shape index (κ1) is 20.4. The molecule has 1 amide bonds.